The maximum absolute atomic E-state index is 11.9. The van der Waals surface area contributed by atoms with Gasteiger partial charge in [-0.15, -0.1) is 0 Å². The van der Waals surface area contributed by atoms with Crippen LogP contribution in [0.3, 0.4) is 0 Å². The van der Waals surface area contributed by atoms with E-state index < -0.39 is 11.0 Å². The average Bonchev–Trinajstić information content (AvgIpc) is 2.65. The molecule has 0 bridgehead atoms. The van der Waals surface area contributed by atoms with Crippen molar-refractivity contribution >= 4 is 11.9 Å². The summed E-state index contributed by atoms with van der Waals surface area (Å²) in [5, 5.41) is 11.1. The van der Waals surface area contributed by atoms with Crippen LogP contribution in [0.15, 0.2) is 0 Å². The number of hydrogen-bond donors (Lipinski definition) is 0. The third kappa shape index (κ3) is 8.63. The van der Waals surface area contributed by atoms with E-state index in [0.29, 0.717) is 25.2 Å². The van der Waals surface area contributed by atoms with Gasteiger partial charge in [0.25, 0.3) is 0 Å². The minimum Gasteiger partial charge on any atom is -0.466 e. The quantitative estimate of drug-likeness (QED) is 0.278. The van der Waals surface area contributed by atoms with Crippen molar-refractivity contribution in [3.05, 3.63) is 10.1 Å². The molecule has 0 aromatic carbocycles. The second-order valence-corrected chi connectivity index (χ2v) is 8.39. The van der Waals surface area contributed by atoms with Crippen molar-refractivity contribution in [1.82, 2.24) is 0 Å². The van der Waals surface area contributed by atoms with E-state index in [-0.39, 0.29) is 36.4 Å². The number of nitrogens with zero attached hydrogens (tertiary/aromatic N) is 1. The molecule has 1 fully saturated rings. The van der Waals surface area contributed by atoms with Crippen LogP contribution in [0.4, 0.5) is 0 Å². The van der Waals surface area contributed by atoms with Crippen molar-refractivity contribution in [2.45, 2.75) is 84.7 Å². The molecular weight excluding hydrogens is 338 g/mol. The lowest BCUT2D eigenvalue weighted by molar-refractivity contribution is -0.498. The maximum atomic E-state index is 11.9. The van der Waals surface area contributed by atoms with Gasteiger partial charge in [0.05, 0.1) is 13.0 Å². The molecule has 2 atom stereocenters. The van der Waals surface area contributed by atoms with E-state index in [1.807, 2.05) is 20.8 Å². The fourth-order valence-corrected chi connectivity index (χ4v) is 3.73. The Hall–Kier alpha value is -1.66. The average molecular weight is 371 g/mol. The van der Waals surface area contributed by atoms with Crippen molar-refractivity contribution in [3.8, 4) is 0 Å². The molecule has 150 valence electrons. The van der Waals surface area contributed by atoms with Crippen molar-refractivity contribution in [2.24, 2.45) is 11.3 Å². The zero-order valence-electron chi connectivity index (χ0n) is 16.5. The first kappa shape index (κ1) is 22.4. The summed E-state index contributed by atoms with van der Waals surface area (Å²) >= 11 is 0. The van der Waals surface area contributed by atoms with Crippen LogP contribution in [-0.2, 0) is 19.1 Å². The van der Waals surface area contributed by atoms with Crippen LogP contribution in [0.1, 0.15) is 79.1 Å². The van der Waals surface area contributed by atoms with Crippen molar-refractivity contribution in [1.29, 1.82) is 0 Å². The first-order chi connectivity index (χ1) is 12.1. The van der Waals surface area contributed by atoms with Gasteiger partial charge in [0.15, 0.2) is 0 Å². The number of carbonyl (C=O) groups is 2. The summed E-state index contributed by atoms with van der Waals surface area (Å²) in [4.78, 5) is 34.7. The van der Waals surface area contributed by atoms with Crippen LogP contribution >= 0.6 is 0 Å². The zero-order chi connectivity index (χ0) is 19.8. The Morgan fingerprint density at radius 2 is 1.88 bits per heavy atom. The molecule has 0 N–H and O–H groups in total. The number of carbonyl (C=O) groups excluding carboxylic acids is 2. The predicted octanol–water partition coefficient (Wildman–Crippen LogP) is 3.90. The molecule has 7 nitrogen and oxygen atoms in total. The van der Waals surface area contributed by atoms with Gasteiger partial charge < -0.3 is 9.47 Å². The van der Waals surface area contributed by atoms with E-state index in [9.17, 15) is 19.7 Å². The van der Waals surface area contributed by atoms with E-state index in [4.69, 9.17) is 9.47 Å². The fourth-order valence-electron chi connectivity index (χ4n) is 3.73. The third-order valence-electron chi connectivity index (χ3n) is 4.87. The van der Waals surface area contributed by atoms with Crippen LogP contribution in [0, 0.1) is 21.4 Å². The molecule has 1 aliphatic rings. The lowest BCUT2D eigenvalue weighted by Crippen LogP contribution is -2.33. The van der Waals surface area contributed by atoms with Gasteiger partial charge in [0, 0.05) is 16.8 Å². The molecule has 0 amide bonds. The molecule has 0 saturated heterocycles. The van der Waals surface area contributed by atoms with Gasteiger partial charge in [-0.25, -0.2) is 0 Å². The van der Waals surface area contributed by atoms with Gasteiger partial charge in [-0.3, -0.25) is 19.7 Å². The zero-order valence-corrected chi connectivity index (χ0v) is 16.5. The topological polar surface area (TPSA) is 95.7 Å². The molecule has 1 rings (SSSR count). The second-order valence-electron chi connectivity index (χ2n) is 8.39. The van der Waals surface area contributed by atoms with Gasteiger partial charge in [-0.05, 0) is 59.3 Å². The Morgan fingerprint density at radius 3 is 2.46 bits per heavy atom. The molecule has 0 aliphatic heterocycles. The van der Waals surface area contributed by atoms with Crippen LogP contribution in [0.5, 0.6) is 0 Å². The number of esters is 2. The Kier molecular flexibility index (Phi) is 8.50. The highest BCUT2D eigenvalue weighted by molar-refractivity contribution is 5.70. The summed E-state index contributed by atoms with van der Waals surface area (Å²) in [6, 6.07) is 0. The number of nitro groups is 1. The monoisotopic (exact) mass is 371 g/mol. The lowest BCUT2D eigenvalue weighted by Gasteiger charge is -2.27. The van der Waals surface area contributed by atoms with Gasteiger partial charge in [-0.2, -0.15) is 0 Å². The summed E-state index contributed by atoms with van der Waals surface area (Å²) in [5.74, 6) is -0.232. The van der Waals surface area contributed by atoms with E-state index in [1.165, 1.54) is 0 Å². The van der Waals surface area contributed by atoms with Crippen molar-refractivity contribution in [3.63, 3.8) is 0 Å². The summed E-state index contributed by atoms with van der Waals surface area (Å²) in [7, 11) is 0. The Morgan fingerprint density at radius 1 is 1.19 bits per heavy atom. The van der Waals surface area contributed by atoms with Crippen molar-refractivity contribution in [2.75, 3.05) is 13.2 Å². The van der Waals surface area contributed by atoms with Gasteiger partial charge >= 0.3 is 11.9 Å². The van der Waals surface area contributed by atoms with Gasteiger partial charge in [0.1, 0.15) is 5.60 Å². The van der Waals surface area contributed by atoms with Crippen molar-refractivity contribution < 1.29 is 24.0 Å². The summed E-state index contributed by atoms with van der Waals surface area (Å²) < 4.78 is 10.4. The Labute approximate surface area is 156 Å². The summed E-state index contributed by atoms with van der Waals surface area (Å²) in [5.41, 5.74) is -1.11. The smallest absolute Gasteiger partial charge is 0.306 e. The molecule has 1 saturated carbocycles. The molecule has 0 heterocycles. The first-order valence-corrected chi connectivity index (χ1v) is 9.54. The Bertz CT molecular complexity index is 499. The minimum atomic E-state index is -0.629. The van der Waals surface area contributed by atoms with E-state index in [0.717, 1.165) is 25.7 Å². The molecule has 0 aromatic rings. The molecule has 2 unspecified atom stereocenters. The van der Waals surface area contributed by atoms with Crippen LogP contribution < -0.4 is 0 Å². The van der Waals surface area contributed by atoms with Crippen LogP contribution in [0.25, 0.3) is 0 Å². The predicted molar refractivity (Wildman–Crippen MR) is 97.2 cm³/mol. The molecule has 0 spiro atoms. The number of rotatable bonds is 8. The normalized spacial score (nSPS) is 23.8. The highest BCUT2D eigenvalue weighted by atomic mass is 16.6. The second kappa shape index (κ2) is 9.88. The van der Waals surface area contributed by atoms with Gasteiger partial charge in [-0.1, -0.05) is 12.8 Å². The molecule has 26 heavy (non-hydrogen) atoms. The highest BCUT2D eigenvalue weighted by Gasteiger charge is 2.40. The first-order valence-electron chi connectivity index (χ1n) is 9.54. The molecule has 7 heteroatoms. The Balaban J connectivity index is 2.62. The third-order valence-corrected chi connectivity index (χ3v) is 4.87. The summed E-state index contributed by atoms with van der Waals surface area (Å²) in [6.45, 7) is 7.35. The minimum absolute atomic E-state index is 0.0978. The van der Waals surface area contributed by atoms with Crippen LogP contribution in [0.2, 0.25) is 0 Å². The standard InChI is InChI=1S/C19H33NO6/c1-5-25-17(22)13-19(14-20(23)24)11-6-7-15(10-12-19)8-9-16(21)26-18(2,3)4/h15H,5-14H2,1-4H3. The molecule has 0 aromatic heterocycles. The van der Waals surface area contributed by atoms with E-state index >= 15 is 0 Å². The van der Waals surface area contributed by atoms with Gasteiger partial charge in [0.2, 0.25) is 6.54 Å². The SMILES string of the molecule is CCOC(=O)CC1(C[N+](=O)[O-])CCCC(CCC(=O)OC(C)(C)C)CC1. The lowest BCUT2D eigenvalue weighted by atomic mass is 9.77. The maximum Gasteiger partial charge on any atom is 0.306 e. The molecule has 0 radical (unpaired) electrons. The highest BCUT2D eigenvalue weighted by Crippen LogP contribution is 2.41. The molecular formula is C19H33NO6. The fraction of sp³-hybridized carbons (Fsp3) is 0.895. The molecule has 1 aliphatic carbocycles. The number of hydrogen-bond acceptors (Lipinski definition) is 6. The largest absolute Gasteiger partial charge is 0.466 e. The van der Waals surface area contributed by atoms with Crippen LogP contribution in [-0.4, -0.2) is 35.6 Å². The number of ether oxygens (including phenoxy) is 2. The summed E-state index contributed by atoms with van der Waals surface area (Å²) in [6.07, 6.45) is 4.99. The van der Waals surface area contributed by atoms with E-state index in [2.05, 4.69) is 0 Å². The van der Waals surface area contributed by atoms with E-state index in [1.54, 1.807) is 6.92 Å².